The van der Waals surface area contributed by atoms with Crippen molar-refractivity contribution in [3.63, 3.8) is 0 Å². The highest BCUT2D eigenvalue weighted by Gasteiger charge is 2.24. The van der Waals surface area contributed by atoms with E-state index in [1.54, 1.807) is 0 Å². The SMILES string of the molecule is CCCC(CN)N1CCN(C(=O)NC(C)C)CC1. The van der Waals surface area contributed by atoms with Crippen LogP contribution >= 0.6 is 0 Å². The summed E-state index contributed by atoms with van der Waals surface area (Å²) < 4.78 is 0. The summed E-state index contributed by atoms with van der Waals surface area (Å²) in [5.41, 5.74) is 5.82. The van der Waals surface area contributed by atoms with Crippen molar-refractivity contribution < 1.29 is 4.79 Å². The highest BCUT2D eigenvalue weighted by atomic mass is 16.2. The zero-order valence-electron chi connectivity index (χ0n) is 12.0. The largest absolute Gasteiger partial charge is 0.336 e. The van der Waals surface area contributed by atoms with Gasteiger partial charge in [0.25, 0.3) is 0 Å². The van der Waals surface area contributed by atoms with E-state index in [0.29, 0.717) is 12.6 Å². The second kappa shape index (κ2) is 7.59. The van der Waals surface area contributed by atoms with Gasteiger partial charge in [0.1, 0.15) is 0 Å². The third-order valence-electron chi connectivity index (χ3n) is 3.42. The van der Waals surface area contributed by atoms with Crippen LogP contribution in [0.15, 0.2) is 0 Å². The van der Waals surface area contributed by atoms with E-state index in [0.717, 1.165) is 39.0 Å². The van der Waals surface area contributed by atoms with Gasteiger partial charge in [-0.05, 0) is 20.3 Å². The monoisotopic (exact) mass is 256 g/mol. The van der Waals surface area contributed by atoms with Crippen LogP contribution < -0.4 is 11.1 Å². The maximum absolute atomic E-state index is 11.9. The molecule has 0 aromatic heterocycles. The second-order valence-corrected chi connectivity index (χ2v) is 5.31. The predicted octanol–water partition coefficient (Wildman–Crippen LogP) is 0.849. The lowest BCUT2D eigenvalue weighted by Crippen LogP contribution is -2.56. The highest BCUT2D eigenvalue weighted by Crippen LogP contribution is 2.10. The number of amides is 2. The summed E-state index contributed by atoms with van der Waals surface area (Å²) in [6, 6.07) is 0.738. The molecule has 18 heavy (non-hydrogen) atoms. The number of nitrogens with two attached hydrogens (primary N) is 1. The predicted molar refractivity (Wildman–Crippen MR) is 74.6 cm³/mol. The zero-order valence-corrected chi connectivity index (χ0v) is 12.0. The Morgan fingerprint density at radius 1 is 1.28 bits per heavy atom. The smallest absolute Gasteiger partial charge is 0.317 e. The number of rotatable bonds is 5. The van der Waals surface area contributed by atoms with Crippen molar-refractivity contribution in [2.24, 2.45) is 5.73 Å². The fraction of sp³-hybridized carbons (Fsp3) is 0.923. The average molecular weight is 256 g/mol. The van der Waals surface area contributed by atoms with Crippen LogP contribution in [0.4, 0.5) is 4.79 Å². The Hall–Kier alpha value is -0.810. The number of piperazine rings is 1. The Bertz CT molecular complexity index is 249. The summed E-state index contributed by atoms with van der Waals surface area (Å²) >= 11 is 0. The Labute approximate surface area is 111 Å². The van der Waals surface area contributed by atoms with Gasteiger partial charge < -0.3 is 16.0 Å². The number of nitrogens with zero attached hydrogens (tertiary/aromatic N) is 2. The Morgan fingerprint density at radius 3 is 2.33 bits per heavy atom. The summed E-state index contributed by atoms with van der Waals surface area (Å²) in [5, 5.41) is 2.94. The van der Waals surface area contributed by atoms with E-state index >= 15 is 0 Å². The summed E-state index contributed by atoms with van der Waals surface area (Å²) in [4.78, 5) is 16.2. The first kappa shape index (κ1) is 15.2. The maximum Gasteiger partial charge on any atom is 0.317 e. The Kier molecular flexibility index (Phi) is 6.43. The van der Waals surface area contributed by atoms with Crippen molar-refractivity contribution in [1.82, 2.24) is 15.1 Å². The quantitative estimate of drug-likeness (QED) is 0.766. The molecule has 1 aliphatic rings. The van der Waals surface area contributed by atoms with Gasteiger partial charge in [0.15, 0.2) is 0 Å². The van der Waals surface area contributed by atoms with Gasteiger partial charge in [-0.3, -0.25) is 4.90 Å². The first-order chi connectivity index (χ1) is 8.58. The molecule has 1 unspecified atom stereocenters. The maximum atomic E-state index is 11.9. The molecule has 1 fully saturated rings. The third-order valence-corrected chi connectivity index (χ3v) is 3.42. The molecule has 5 heteroatoms. The van der Waals surface area contributed by atoms with Crippen molar-refractivity contribution in [2.75, 3.05) is 32.7 Å². The summed E-state index contributed by atoms with van der Waals surface area (Å²) in [6.07, 6.45) is 2.31. The molecule has 0 aromatic rings. The van der Waals surface area contributed by atoms with Gasteiger partial charge in [-0.25, -0.2) is 4.79 Å². The molecule has 5 nitrogen and oxygen atoms in total. The van der Waals surface area contributed by atoms with Gasteiger partial charge in [-0.1, -0.05) is 13.3 Å². The molecular formula is C13H28N4O. The molecule has 1 aliphatic heterocycles. The molecule has 1 atom stereocenters. The van der Waals surface area contributed by atoms with Crippen LogP contribution in [-0.4, -0.2) is 60.6 Å². The topological polar surface area (TPSA) is 61.6 Å². The molecule has 1 saturated heterocycles. The van der Waals surface area contributed by atoms with Crippen LogP contribution in [0.2, 0.25) is 0 Å². The van der Waals surface area contributed by atoms with Crippen molar-refractivity contribution >= 4 is 6.03 Å². The molecule has 3 N–H and O–H groups in total. The number of nitrogens with one attached hydrogen (secondary N) is 1. The van der Waals surface area contributed by atoms with Gasteiger partial charge in [0.05, 0.1) is 0 Å². The minimum Gasteiger partial charge on any atom is -0.336 e. The van der Waals surface area contributed by atoms with E-state index in [4.69, 9.17) is 5.73 Å². The Morgan fingerprint density at radius 2 is 1.89 bits per heavy atom. The van der Waals surface area contributed by atoms with E-state index in [1.807, 2.05) is 18.7 Å². The van der Waals surface area contributed by atoms with Crippen LogP contribution in [0.5, 0.6) is 0 Å². The van der Waals surface area contributed by atoms with Gasteiger partial charge in [-0.15, -0.1) is 0 Å². The lowest BCUT2D eigenvalue weighted by Gasteiger charge is -2.39. The molecule has 0 bridgehead atoms. The van der Waals surface area contributed by atoms with Crippen LogP contribution in [0.25, 0.3) is 0 Å². The molecule has 0 aromatic carbocycles. The number of urea groups is 1. The summed E-state index contributed by atoms with van der Waals surface area (Å²) in [5.74, 6) is 0. The van der Waals surface area contributed by atoms with E-state index in [1.165, 1.54) is 0 Å². The van der Waals surface area contributed by atoms with Crippen LogP contribution in [0, 0.1) is 0 Å². The van der Waals surface area contributed by atoms with Gasteiger partial charge in [-0.2, -0.15) is 0 Å². The molecule has 0 spiro atoms. The van der Waals surface area contributed by atoms with Crippen molar-refractivity contribution in [3.8, 4) is 0 Å². The molecule has 1 rings (SSSR count). The number of hydrogen-bond donors (Lipinski definition) is 2. The normalized spacial score (nSPS) is 19.1. The molecule has 2 amide bonds. The van der Waals surface area contributed by atoms with Crippen LogP contribution in [-0.2, 0) is 0 Å². The van der Waals surface area contributed by atoms with Gasteiger partial charge >= 0.3 is 6.03 Å². The summed E-state index contributed by atoms with van der Waals surface area (Å²) in [7, 11) is 0. The number of carbonyl (C=O) groups is 1. The van der Waals surface area contributed by atoms with Gasteiger partial charge in [0.2, 0.25) is 0 Å². The molecule has 0 aliphatic carbocycles. The van der Waals surface area contributed by atoms with Crippen LogP contribution in [0.3, 0.4) is 0 Å². The molecular weight excluding hydrogens is 228 g/mol. The lowest BCUT2D eigenvalue weighted by atomic mass is 10.1. The first-order valence-corrected chi connectivity index (χ1v) is 7.08. The van der Waals surface area contributed by atoms with Gasteiger partial charge in [0, 0.05) is 44.8 Å². The fourth-order valence-corrected chi connectivity index (χ4v) is 2.41. The van der Waals surface area contributed by atoms with E-state index < -0.39 is 0 Å². The number of carbonyl (C=O) groups excluding carboxylic acids is 1. The van der Waals surface area contributed by atoms with Crippen molar-refractivity contribution in [1.29, 1.82) is 0 Å². The molecule has 0 radical (unpaired) electrons. The van der Waals surface area contributed by atoms with E-state index in [2.05, 4.69) is 17.1 Å². The fourth-order valence-electron chi connectivity index (χ4n) is 2.41. The van der Waals surface area contributed by atoms with Crippen molar-refractivity contribution in [3.05, 3.63) is 0 Å². The lowest BCUT2D eigenvalue weighted by molar-refractivity contribution is 0.105. The van der Waals surface area contributed by atoms with Crippen LogP contribution in [0.1, 0.15) is 33.6 Å². The minimum absolute atomic E-state index is 0.0597. The first-order valence-electron chi connectivity index (χ1n) is 7.08. The third kappa shape index (κ3) is 4.46. The highest BCUT2D eigenvalue weighted by molar-refractivity contribution is 5.74. The minimum atomic E-state index is 0.0597. The average Bonchev–Trinajstić information content (AvgIpc) is 2.35. The van der Waals surface area contributed by atoms with E-state index in [9.17, 15) is 4.79 Å². The molecule has 106 valence electrons. The van der Waals surface area contributed by atoms with E-state index in [-0.39, 0.29) is 12.1 Å². The molecule has 0 saturated carbocycles. The summed E-state index contributed by atoms with van der Waals surface area (Å²) in [6.45, 7) is 10.4. The second-order valence-electron chi connectivity index (χ2n) is 5.31. The standard InChI is InChI=1S/C13H28N4O/c1-4-5-12(10-14)16-6-8-17(9-7-16)13(18)15-11(2)3/h11-12H,4-10,14H2,1-3H3,(H,15,18). The number of hydrogen-bond acceptors (Lipinski definition) is 3. The van der Waals surface area contributed by atoms with Crippen molar-refractivity contribution in [2.45, 2.75) is 45.7 Å². The zero-order chi connectivity index (χ0) is 13.5. The molecule has 1 heterocycles. The Balaban J connectivity index is 2.38.